The maximum Gasteiger partial charge on any atom is 0.222 e. The minimum Gasteiger partial charge on any atom is -0.342 e. The van der Waals surface area contributed by atoms with Crippen molar-refractivity contribution in [3.05, 3.63) is 42.0 Å². The molecule has 2 aliphatic heterocycles. The van der Waals surface area contributed by atoms with Crippen LogP contribution in [0.2, 0.25) is 0 Å². The highest BCUT2D eigenvalue weighted by Gasteiger charge is 2.28. The summed E-state index contributed by atoms with van der Waals surface area (Å²) in [6.45, 7) is 9.20. The second-order valence-corrected chi connectivity index (χ2v) is 8.88. The summed E-state index contributed by atoms with van der Waals surface area (Å²) < 4.78 is 0. The van der Waals surface area contributed by atoms with Crippen LogP contribution in [0.3, 0.4) is 0 Å². The van der Waals surface area contributed by atoms with Gasteiger partial charge in [0.15, 0.2) is 0 Å². The summed E-state index contributed by atoms with van der Waals surface area (Å²) in [4.78, 5) is 31.1. The molecule has 0 aliphatic carbocycles. The molecule has 7 nitrogen and oxygen atoms in total. The summed E-state index contributed by atoms with van der Waals surface area (Å²) >= 11 is 0. The van der Waals surface area contributed by atoms with Crippen molar-refractivity contribution in [3.63, 3.8) is 0 Å². The number of rotatable bonds is 6. The van der Waals surface area contributed by atoms with E-state index in [2.05, 4.69) is 32.0 Å². The van der Waals surface area contributed by atoms with E-state index >= 15 is 0 Å². The zero-order valence-electron chi connectivity index (χ0n) is 18.8. The Bertz CT molecular complexity index is 880. The van der Waals surface area contributed by atoms with Gasteiger partial charge in [0.05, 0.1) is 11.9 Å². The first-order valence-electron chi connectivity index (χ1n) is 11.6. The topological polar surface area (TPSA) is 74.2 Å². The monoisotopic (exact) mass is 422 g/mol. The summed E-state index contributed by atoms with van der Waals surface area (Å²) in [6, 6.07) is 3.94. The van der Waals surface area contributed by atoms with E-state index < -0.39 is 0 Å². The number of carbonyl (C=O) groups is 1. The Morgan fingerprint density at radius 2 is 2.03 bits per heavy atom. The fraction of sp³-hybridized carbons (Fsp3) is 0.583. The summed E-state index contributed by atoms with van der Waals surface area (Å²) in [5, 5.41) is 3.28. The molecule has 0 spiro atoms. The average molecular weight is 423 g/mol. The molecule has 2 aliphatic rings. The van der Waals surface area contributed by atoms with Crippen LogP contribution in [0.25, 0.3) is 0 Å². The maximum atomic E-state index is 13.0. The zero-order chi connectivity index (χ0) is 21.6. The average Bonchev–Trinajstić information content (AvgIpc) is 2.81. The van der Waals surface area contributed by atoms with Gasteiger partial charge in [0.25, 0.3) is 0 Å². The summed E-state index contributed by atoms with van der Waals surface area (Å²) in [6.07, 6.45) is 10.4. The van der Waals surface area contributed by atoms with E-state index in [1.54, 1.807) is 12.4 Å². The molecule has 0 bridgehead atoms. The predicted octanol–water partition coefficient (Wildman–Crippen LogP) is 3.75. The van der Waals surface area contributed by atoms with Gasteiger partial charge in [-0.25, -0.2) is 9.97 Å². The van der Waals surface area contributed by atoms with Crippen molar-refractivity contribution >= 4 is 17.5 Å². The van der Waals surface area contributed by atoms with Crippen LogP contribution in [0.5, 0.6) is 0 Å². The zero-order valence-corrected chi connectivity index (χ0v) is 18.8. The highest BCUT2D eigenvalue weighted by molar-refractivity contribution is 5.76. The number of aryl methyl sites for hydroxylation is 1. The fourth-order valence-corrected chi connectivity index (χ4v) is 4.70. The minimum absolute atomic E-state index is 0.235. The Hall–Kier alpha value is -2.54. The Labute approximate surface area is 185 Å². The molecular formula is C24H34N6O. The van der Waals surface area contributed by atoms with Crippen molar-refractivity contribution in [2.75, 3.05) is 38.0 Å². The van der Waals surface area contributed by atoms with E-state index in [0.29, 0.717) is 24.1 Å². The second kappa shape index (κ2) is 10.2. The molecule has 166 valence electrons. The fourth-order valence-electron chi connectivity index (χ4n) is 4.70. The summed E-state index contributed by atoms with van der Waals surface area (Å²) in [5.41, 5.74) is 2.02. The van der Waals surface area contributed by atoms with Crippen molar-refractivity contribution in [3.8, 4) is 0 Å². The molecule has 2 fully saturated rings. The SMILES string of the molecule is CCN1CCC(CC(=O)N2CCCC(c3cncc(Nc4ncccc4C)n3)C2)CC1. The van der Waals surface area contributed by atoms with Crippen LogP contribution in [-0.4, -0.2) is 63.4 Å². The Morgan fingerprint density at radius 3 is 2.81 bits per heavy atom. The van der Waals surface area contributed by atoms with Crippen molar-refractivity contribution in [2.45, 2.75) is 51.9 Å². The molecular weight excluding hydrogens is 388 g/mol. The van der Waals surface area contributed by atoms with Gasteiger partial charge in [-0.2, -0.15) is 0 Å². The smallest absolute Gasteiger partial charge is 0.222 e. The molecule has 0 aromatic carbocycles. The van der Waals surface area contributed by atoms with Crippen LogP contribution < -0.4 is 5.32 Å². The van der Waals surface area contributed by atoms with E-state index in [4.69, 9.17) is 4.98 Å². The lowest BCUT2D eigenvalue weighted by Crippen LogP contribution is -2.41. The van der Waals surface area contributed by atoms with Crippen LogP contribution in [0, 0.1) is 12.8 Å². The van der Waals surface area contributed by atoms with Gasteiger partial charge in [-0.1, -0.05) is 13.0 Å². The van der Waals surface area contributed by atoms with Gasteiger partial charge in [0, 0.05) is 37.8 Å². The van der Waals surface area contributed by atoms with Crippen LogP contribution in [-0.2, 0) is 4.79 Å². The molecule has 2 aromatic rings. The highest BCUT2D eigenvalue weighted by atomic mass is 16.2. The largest absolute Gasteiger partial charge is 0.342 e. The quantitative estimate of drug-likeness (QED) is 0.764. The molecule has 2 saturated heterocycles. The number of piperidine rings is 2. The third kappa shape index (κ3) is 5.58. The number of nitrogens with one attached hydrogen (secondary N) is 1. The molecule has 4 rings (SSSR count). The molecule has 7 heteroatoms. The van der Waals surface area contributed by atoms with E-state index in [1.165, 1.54) is 0 Å². The Morgan fingerprint density at radius 1 is 1.19 bits per heavy atom. The van der Waals surface area contributed by atoms with Crippen molar-refractivity contribution in [1.29, 1.82) is 0 Å². The first-order valence-corrected chi connectivity index (χ1v) is 11.6. The molecule has 4 heterocycles. The maximum absolute atomic E-state index is 13.0. The lowest BCUT2D eigenvalue weighted by molar-refractivity contribution is -0.133. The number of anilines is 2. The number of carbonyl (C=O) groups excluding carboxylic acids is 1. The van der Waals surface area contributed by atoms with E-state index in [0.717, 1.165) is 75.5 Å². The molecule has 0 radical (unpaired) electrons. The van der Waals surface area contributed by atoms with Crippen LogP contribution in [0.1, 0.15) is 56.2 Å². The third-order valence-electron chi connectivity index (χ3n) is 6.72. The normalized spacial score (nSPS) is 20.6. The first-order chi connectivity index (χ1) is 15.1. The van der Waals surface area contributed by atoms with Gasteiger partial charge in [-0.05, 0) is 69.8 Å². The van der Waals surface area contributed by atoms with Crippen molar-refractivity contribution < 1.29 is 4.79 Å². The lowest BCUT2D eigenvalue weighted by atomic mass is 9.91. The molecule has 0 saturated carbocycles. The van der Waals surface area contributed by atoms with Crippen LogP contribution in [0.15, 0.2) is 30.7 Å². The van der Waals surface area contributed by atoms with E-state index in [1.807, 2.05) is 25.3 Å². The molecule has 2 aromatic heterocycles. The molecule has 31 heavy (non-hydrogen) atoms. The number of hydrogen-bond acceptors (Lipinski definition) is 6. The molecule has 1 atom stereocenters. The van der Waals surface area contributed by atoms with Crippen molar-refractivity contribution in [1.82, 2.24) is 24.8 Å². The van der Waals surface area contributed by atoms with E-state index in [-0.39, 0.29) is 5.92 Å². The Balaban J connectivity index is 1.36. The van der Waals surface area contributed by atoms with E-state index in [9.17, 15) is 4.79 Å². The summed E-state index contributed by atoms with van der Waals surface area (Å²) in [5.74, 6) is 2.57. The predicted molar refractivity (Wildman–Crippen MR) is 122 cm³/mol. The number of pyridine rings is 1. The summed E-state index contributed by atoms with van der Waals surface area (Å²) in [7, 11) is 0. The van der Waals surface area contributed by atoms with Crippen LogP contribution >= 0.6 is 0 Å². The number of nitrogens with zero attached hydrogens (tertiary/aromatic N) is 5. The lowest BCUT2D eigenvalue weighted by Gasteiger charge is -2.35. The Kier molecular flexibility index (Phi) is 7.12. The number of hydrogen-bond donors (Lipinski definition) is 1. The number of likely N-dealkylation sites (tertiary alicyclic amines) is 2. The molecule has 1 unspecified atom stereocenters. The van der Waals surface area contributed by atoms with Gasteiger partial charge in [0.1, 0.15) is 11.6 Å². The van der Waals surface area contributed by atoms with Gasteiger partial charge < -0.3 is 15.1 Å². The van der Waals surface area contributed by atoms with Crippen LogP contribution in [0.4, 0.5) is 11.6 Å². The standard InChI is InChI=1S/C24H34N6O/c1-3-29-12-8-19(9-13-29)14-23(31)30-11-5-7-20(17-30)21-15-25-16-22(27-21)28-24-18(2)6-4-10-26-24/h4,6,10,15-16,19-20H,3,5,7-9,11-14,17H2,1-2H3,(H,26,27,28). The second-order valence-electron chi connectivity index (χ2n) is 8.88. The molecule has 1 N–H and O–H groups in total. The number of amides is 1. The van der Waals surface area contributed by atoms with Crippen molar-refractivity contribution in [2.24, 2.45) is 5.92 Å². The van der Waals surface area contributed by atoms with Gasteiger partial charge in [-0.3, -0.25) is 9.78 Å². The third-order valence-corrected chi connectivity index (χ3v) is 6.72. The first kappa shape index (κ1) is 21.7. The molecule has 1 amide bonds. The minimum atomic E-state index is 0.235. The number of aromatic nitrogens is 3. The van der Waals surface area contributed by atoms with Gasteiger partial charge in [-0.15, -0.1) is 0 Å². The van der Waals surface area contributed by atoms with Gasteiger partial charge in [0.2, 0.25) is 5.91 Å². The highest BCUT2D eigenvalue weighted by Crippen LogP contribution is 2.28. The van der Waals surface area contributed by atoms with Gasteiger partial charge >= 0.3 is 0 Å².